The molecule has 2 aromatic rings. The van der Waals surface area contributed by atoms with Gasteiger partial charge >= 0.3 is 18.4 Å². The van der Waals surface area contributed by atoms with E-state index in [1.807, 2.05) is 0 Å². The number of carbonyl (C=O) groups excluding carboxylic acids is 1. The lowest BCUT2D eigenvalue weighted by molar-refractivity contribution is -0.253. The van der Waals surface area contributed by atoms with E-state index >= 15 is 0 Å². The van der Waals surface area contributed by atoms with Gasteiger partial charge in [-0.15, -0.1) is 0 Å². The van der Waals surface area contributed by atoms with Crippen LogP contribution in [0.1, 0.15) is 22.6 Å². The van der Waals surface area contributed by atoms with Gasteiger partial charge in [0.05, 0.1) is 18.4 Å². The molecule has 5 nitrogen and oxygen atoms in total. The minimum Gasteiger partial charge on any atom is -0.296 e. The number of amides is 2. The molecule has 0 spiro atoms. The Morgan fingerprint density at radius 3 is 2.41 bits per heavy atom. The van der Waals surface area contributed by atoms with E-state index in [1.165, 1.54) is 25.7 Å². The van der Waals surface area contributed by atoms with E-state index in [9.17, 15) is 31.1 Å². The maximum absolute atomic E-state index is 13.0. The van der Waals surface area contributed by atoms with Crippen LogP contribution in [0.5, 0.6) is 0 Å². The fraction of sp³-hybridized carbons (Fsp3) is 0.278. The first-order valence-corrected chi connectivity index (χ1v) is 8.24. The largest absolute Gasteiger partial charge is 0.404 e. The summed E-state index contributed by atoms with van der Waals surface area (Å²) in [6, 6.07) is 5.36. The summed E-state index contributed by atoms with van der Waals surface area (Å²) in [6.45, 7) is -0.272. The second-order valence-electron chi connectivity index (χ2n) is 6.33. The third kappa shape index (κ3) is 4.33. The normalized spacial score (nSPS) is 15.4. The SMILES string of the molecule is CN1C(=O)N(/N=C/c2cccnc2)Cc2cc(C(C(F)(F)F)C(F)(F)F)ccc21. The fourth-order valence-electron chi connectivity index (χ4n) is 2.99. The molecule has 3 rings (SSSR count). The van der Waals surface area contributed by atoms with Crippen molar-refractivity contribution in [3.63, 3.8) is 0 Å². The van der Waals surface area contributed by atoms with Gasteiger partial charge in [0.15, 0.2) is 5.92 Å². The Hall–Kier alpha value is -3.11. The summed E-state index contributed by atoms with van der Waals surface area (Å²) >= 11 is 0. The number of carbonyl (C=O) groups is 1. The van der Waals surface area contributed by atoms with Crippen LogP contribution in [0.25, 0.3) is 0 Å². The zero-order valence-electron chi connectivity index (χ0n) is 14.9. The Morgan fingerprint density at radius 2 is 1.83 bits per heavy atom. The van der Waals surface area contributed by atoms with Gasteiger partial charge in [-0.1, -0.05) is 18.2 Å². The molecule has 2 amide bonds. The molecule has 1 aromatic heterocycles. The van der Waals surface area contributed by atoms with E-state index in [0.29, 0.717) is 5.56 Å². The van der Waals surface area contributed by atoms with Crippen molar-refractivity contribution in [2.75, 3.05) is 11.9 Å². The van der Waals surface area contributed by atoms with Crippen molar-refractivity contribution < 1.29 is 31.1 Å². The Bertz CT molecular complexity index is 912. The molecule has 0 bridgehead atoms. The molecule has 0 saturated heterocycles. The van der Waals surface area contributed by atoms with Crippen molar-refractivity contribution in [2.45, 2.75) is 24.8 Å². The Kier molecular flexibility index (Phi) is 5.24. The van der Waals surface area contributed by atoms with Crippen LogP contribution in [0.3, 0.4) is 0 Å². The topological polar surface area (TPSA) is 48.8 Å². The Balaban J connectivity index is 1.96. The van der Waals surface area contributed by atoms with E-state index in [1.54, 1.807) is 12.1 Å². The number of benzene rings is 1. The maximum Gasteiger partial charge on any atom is 0.404 e. The first-order valence-electron chi connectivity index (χ1n) is 8.24. The maximum atomic E-state index is 13.0. The quantitative estimate of drug-likeness (QED) is 0.538. The standard InChI is InChI=1S/C18H14F6N4O/c1-27-14-5-4-12(15(17(19,20)21)18(22,23)24)7-13(14)10-28(16(27)29)26-9-11-3-2-6-25-8-11/h2-9,15H,10H2,1H3/b26-9+. The van der Waals surface area contributed by atoms with Crippen LogP contribution in [0.2, 0.25) is 0 Å². The minimum atomic E-state index is -5.50. The van der Waals surface area contributed by atoms with E-state index < -0.39 is 29.9 Å². The van der Waals surface area contributed by atoms with Crippen molar-refractivity contribution in [1.82, 2.24) is 9.99 Å². The van der Waals surface area contributed by atoms with E-state index in [4.69, 9.17) is 0 Å². The average Bonchev–Trinajstić information content (AvgIpc) is 2.62. The van der Waals surface area contributed by atoms with Gasteiger partial charge in [-0.05, 0) is 23.3 Å². The van der Waals surface area contributed by atoms with Gasteiger partial charge in [0.1, 0.15) is 0 Å². The van der Waals surface area contributed by atoms with Crippen molar-refractivity contribution >= 4 is 17.9 Å². The predicted molar refractivity (Wildman–Crippen MR) is 92.5 cm³/mol. The van der Waals surface area contributed by atoms with Crippen LogP contribution < -0.4 is 4.90 Å². The van der Waals surface area contributed by atoms with Gasteiger partial charge in [0.25, 0.3) is 0 Å². The Morgan fingerprint density at radius 1 is 1.14 bits per heavy atom. The van der Waals surface area contributed by atoms with Gasteiger partial charge in [-0.2, -0.15) is 31.4 Å². The van der Waals surface area contributed by atoms with Crippen molar-refractivity contribution in [1.29, 1.82) is 0 Å². The van der Waals surface area contributed by atoms with Crippen molar-refractivity contribution in [3.8, 4) is 0 Å². The highest BCUT2D eigenvalue weighted by Crippen LogP contribution is 2.47. The number of urea groups is 1. The van der Waals surface area contributed by atoms with E-state index in [-0.39, 0.29) is 17.8 Å². The molecule has 0 radical (unpaired) electrons. The van der Waals surface area contributed by atoms with E-state index in [2.05, 4.69) is 10.1 Å². The summed E-state index contributed by atoms with van der Waals surface area (Å²) in [5.74, 6) is -3.62. The number of pyridine rings is 1. The zero-order chi connectivity index (χ0) is 21.4. The fourth-order valence-corrected chi connectivity index (χ4v) is 2.99. The van der Waals surface area contributed by atoms with Gasteiger partial charge in [0, 0.05) is 25.0 Å². The van der Waals surface area contributed by atoms with Crippen LogP contribution in [-0.2, 0) is 6.54 Å². The number of fused-ring (bicyclic) bond motifs is 1. The number of rotatable bonds is 3. The smallest absolute Gasteiger partial charge is 0.296 e. The molecule has 11 heteroatoms. The summed E-state index contributed by atoms with van der Waals surface area (Å²) in [5, 5.41) is 4.94. The average molecular weight is 416 g/mol. The molecule has 0 saturated carbocycles. The van der Waals surface area contributed by atoms with Gasteiger partial charge in [0.2, 0.25) is 0 Å². The number of halogens is 6. The minimum absolute atomic E-state index is 0.117. The molecule has 0 unspecified atom stereocenters. The van der Waals surface area contributed by atoms with Crippen molar-refractivity contribution in [2.24, 2.45) is 5.10 Å². The lowest BCUT2D eigenvalue weighted by Crippen LogP contribution is -2.42. The van der Waals surface area contributed by atoms with Crippen LogP contribution in [0.15, 0.2) is 47.8 Å². The summed E-state index contributed by atoms with van der Waals surface area (Å²) < 4.78 is 78.2. The first kappa shape index (κ1) is 20.6. The second kappa shape index (κ2) is 7.37. The van der Waals surface area contributed by atoms with Crippen LogP contribution in [-0.4, -0.2) is 41.6 Å². The summed E-state index contributed by atoms with van der Waals surface area (Å²) in [6.07, 6.45) is -6.67. The molecule has 154 valence electrons. The van der Waals surface area contributed by atoms with Crippen LogP contribution in [0, 0.1) is 0 Å². The molecule has 0 fully saturated rings. The molecular formula is C18H14F6N4O. The van der Waals surface area contributed by atoms with Gasteiger partial charge in [-0.25, -0.2) is 9.80 Å². The summed E-state index contributed by atoms with van der Waals surface area (Å²) in [7, 11) is 1.36. The zero-order valence-corrected chi connectivity index (χ0v) is 14.9. The lowest BCUT2D eigenvalue weighted by Gasteiger charge is -2.33. The highest BCUT2D eigenvalue weighted by atomic mass is 19.4. The number of anilines is 1. The molecule has 0 aliphatic carbocycles. The second-order valence-corrected chi connectivity index (χ2v) is 6.33. The lowest BCUT2D eigenvalue weighted by atomic mass is 9.94. The number of hydrazone groups is 1. The molecule has 1 aliphatic heterocycles. The molecule has 0 N–H and O–H groups in total. The number of hydrogen-bond acceptors (Lipinski definition) is 3. The third-order valence-electron chi connectivity index (χ3n) is 4.31. The van der Waals surface area contributed by atoms with Crippen LogP contribution >= 0.6 is 0 Å². The highest BCUT2D eigenvalue weighted by molar-refractivity contribution is 5.95. The van der Waals surface area contributed by atoms with Gasteiger partial charge < -0.3 is 0 Å². The predicted octanol–water partition coefficient (Wildman–Crippen LogP) is 4.70. The van der Waals surface area contributed by atoms with Crippen molar-refractivity contribution in [3.05, 3.63) is 59.4 Å². The highest BCUT2D eigenvalue weighted by Gasteiger charge is 2.57. The van der Waals surface area contributed by atoms with Gasteiger partial charge in [-0.3, -0.25) is 9.88 Å². The number of alkyl halides is 6. The first-order chi connectivity index (χ1) is 13.5. The Labute approximate surface area is 161 Å². The number of nitrogens with zero attached hydrogens (tertiary/aromatic N) is 4. The summed E-state index contributed by atoms with van der Waals surface area (Å²) in [5.41, 5.74) is -0.0412. The summed E-state index contributed by atoms with van der Waals surface area (Å²) in [4.78, 5) is 17.4. The number of aromatic nitrogens is 1. The molecular weight excluding hydrogens is 402 g/mol. The number of hydrogen-bond donors (Lipinski definition) is 0. The molecule has 1 aromatic carbocycles. The molecule has 1 aliphatic rings. The van der Waals surface area contributed by atoms with Crippen LogP contribution in [0.4, 0.5) is 36.8 Å². The monoisotopic (exact) mass is 416 g/mol. The molecule has 0 atom stereocenters. The molecule has 29 heavy (non-hydrogen) atoms. The van der Waals surface area contributed by atoms with E-state index in [0.717, 1.165) is 28.1 Å². The molecule has 2 heterocycles. The third-order valence-corrected chi connectivity index (χ3v) is 4.31.